The Balaban J connectivity index is 0.000000142. The number of halogens is 2. The second kappa shape index (κ2) is 9.25. The normalized spacial score (nSPS) is 19.1. The number of hydrogen-bond acceptors (Lipinski definition) is 9. The molecular weight excluding hydrogens is 444 g/mol. The van der Waals surface area contributed by atoms with Gasteiger partial charge in [-0.1, -0.05) is 17.4 Å². The minimum Gasteiger partial charge on any atom is -0.308 e. The molecule has 0 aromatic carbocycles. The summed E-state index contributed by atoms with van der Waals surface area (Å²) in [6.45, 7) is 4.98. The zero-order valence-corrected chi connectivity index (χ0v) is 18.7. The quantitative estimate of drug-likeness (QED) is 0.467. The van der Waals surface area contributed by atoms with Gasteiger partial charge in [0.05, 0.1) is 41.9 Å². The van der Waals surface area contributed by atoms with E-state index in [0.29, 0.717) is 30.4 Å². The number of rotatable bonds is 2. The Bertz CT molecular complexity index is 1170. The lowest BCUT2D eigenvalue weighted by molar-refractivity contribution is 0.484. The molecule has 34 heavy (non-hydrogen) atoms. The number of fused-ring (bicyclic) bond motifs is 2. The SMILES string of the molecule is C[C@@H]1CCc2nnn(-c3ncc(F)cn3)c2C1.C[C@H]1Cc2c(nnn2-c2ncc(F)cn2)CN1. The Labute approximate surface area is 193 Å². The van der Waals surface area contributed by atoms with Gasteiger partial charge in [0, 0.05) is 19.0 Å². The van der Waals surface area contributed by atoms with E-state index in [-0.39, 0.29) is 0 Å². The third kappa shape index (κ3) is 4.51. The van der Waals surface area contributed by atoms with Crippen LogP contribution in [0.4, 0.5) is 8.78 Å². The predicted molar refractivity (Wildman–Crippen MR) is 115 cm³/mol. The van der Waals surface area contributed by atoms with Crippen LogP contribution in [-0.4, -0.2) is 56.0 Å². The zero-order valence-electron chi connectivity index (χ0n) is 18.7. The first-order chi connectivity index (χ1) is 16.5. The molecule has 2 atom stereocenters. The lowest BCUT2D eigenvalue weighted by atomic mass is 9.91. The Morgan fingerprint density at radius 3 is 1.91 bits per heavy atom. The zero-order chi connectivity index (χ0) is 23.7. The number of aromatic nitrogens is 10. The van der Waals surface area contributed by atoms with Crippen LogP contribution in [-0.2, 0) is 25.8 Å². The highest BCUT2D eigenvalue weighted by atomic mass is 19.1. The summed E-state index contributed by atoms with van der Waals surface area (Å²) in [6.07, 6.45) is 8.34. The summed E-state index contributed by atoms with van der Waals surface area (Å²) in [7, 11) is 0. The van der Waals surface area contributed by atoms with Crippen molar-refractivity contribution in [2.45, 2.75) is 52.1 Å². The molecule has 0 bridgehead atoms. The largest absolute Gasteiger partial charge is 0.308 e. The van der Waals surface area contributed by atoms with Gasteiger partial charge in [-0.15, -0.1) is 10.2 Å². The molecule has 4 aromatic rings. The van der Waals surface area contributed by atoms with Crippen LogP contribution in [0.1, 0.15) is 43.0 Å². The van der Waals surface area contributed by atoms with Crippen LogP contribution in [0.25, 0.3) is 11.9 Å². The van der Waals surface area contributed by atoms with Gasteiger partial charge >= 0.3 is 0 Å². The van der Waals surface area contributed by atoms with Crippen LogP contribution in [0, 0.1) is 17.6 Å². The van der Waals surface area contributed by atoms with Crippen molar-refractivity contribution in [2.24, 2.45) is 5.92 Å². The summed E-state index contributed by atoms with van der Waals surface area (Å²) in [5, 5.41) is 19.6. The maximum atomic E-state index is 12.8. The fourth-order valence-corrected chi connectivity index (χ4v) is 4.00. The second-order valence-electron chi connectivity index (χ2n) is 8.53. The van der Waals surface area contributed by atoms with Crippen molar-refractivity contribution in [2.75, 3.05) is 0 Å². The molecule has 1 aliphatic heterocycles. The van der Waals surface area contributed by atoms with Gasteiger partial charge in [-0.25, -0.2) is 28.7 Å². The second-order valence-corrected chi connectivity index (χ2v) is 8.53. The number of nitrogens with zero attached hydrogens (tertiary/aromatic N) is 10. The van der Waals surface area contributed by atoms with Gasteiger partial charge in [0.15, 0.2) is 11.6 Å². The Hall–Kier alpha value is -3.74. The molecule has 2 aliphatic rings. The summed E-state index contributed by atoms with van der Waals surface area (Å²) < 4.78 is 28.7. The first-order valence-corrected chi connectivity index (χ1v) is 11.0. The van der Waals surface area contributed by atoms with Crippen molar-refractivity contribution >= 4 is 0 Å². The van der Waals surface area contributed by atoms with Gasteiger partial charge in [-0.2, -0.15) is 9.36 Å². The van der Waals surface area contributed by atoms with Crippen molar-refractivity contribution in [3.63, 3.8) is 0 Å². The monoisotopic (exact) mass is 467 g/mol. The number of aryl methyl sites for hydroxylation is 1. The molecule has 176 valence electrons. The Morgan fingerprint density at radius 2 is 1.32 bits per heavy atom. The molecule has 0 fully saturated rings. The van der Waals surface area contributed by atoms with E-state index in [1.165, 1.54) is 0 Å². The van der Waals surface area contributed by atoms with Crippen LogP contribution in [0.15, 0.2) is 24.8 Å². The van der Waals surface area contributed by atoms with Crippen molar-refractivity contribution in [1.29, 1.82) is 0 Å². The standard InChI is InChI=1S/C11H12FN5.C10H11FN6/c1-7-2-3-9-10(4-7)17(16-15-9)11-13-5-8(12)6-14-11;1-6-2-9-8(5-12-6)15-16-17(9)10-13-3-7(11)4-14-10/h5-7H,2-4H2,1H3;3-4,6,12H,2,5H2,1H3/t7-;6-/m10/s1. The van der Waals surface area contributed by atoms with Gasteiger partial charge < -0.3 is 5.32 Å². The fraction of sp³-hybridized carbons (Fsp3) is 0.429. The molecule has 0 amide bonds. The average Bonchev–Trinajstić information content (AvgIpc) is 3.44. The summed E-state index contributed by atoms with van der Waals surface area (Å²) in [4.78, 5) is 15.7. The molecule has 0 saturated heterocycles. The van der Waals surface area contributed by atoms with E-state index in [2.05, 4.69) is 59.7 Å². The molecule has 0 unspecified atom stereocenters. The van der Waals surface area contributed by atoms with Gasteiger partial charge in [0.2, 0.25) is 0 Å². The van der Waals surface area contributed by atoms with Gasteiger partial charge in [0.1, 0.15) is 5.69 Å². The first kappa shape index (κ1) is 22.1. The van der Waals surface area contributed by atoms with Crippen molar-refractivity contribution < 1.29 is 8.78 Å². The molecule has 1 N–H and O–H groups in total. The van der Waals surface area contributed by atoms with Crippen molar-refractivity contribution in [3.8, 4) is 11.9 Å². The van der Waals surface area contributed by atoms with E-state index in [4.69, 9.17) is 0 Å². The van der Waals surface area contributed by atoms with E-state index in [9.17, 15) is 8.78 Å². The van der Waals surface area contributed by atoms with E-state index in [0.717, 1.165) is 73.2 Å². The highest BCUT2D eigenvalue weighted by Gasteiger charge is 2.23. The molecular formula is C21H23F2N11. The van der Waals surface area contributed by atoms with E-state index in [1.54, 1.807) is 9.36 Å². The minimum absolute atomic E-state index is 0.356. The topological polar surface area (TPSA) is 125 Å². The first-order valence-electron chi connectivity index (χ1n) is 11.0. The molecule has 0 saturated carbocycles. The van der Waals surface area contributed by atoms with E-state index >= 15 is 0 Å². The molecule has 5 heterocycles. The third-order valence-electron chi connectivity index (χ3n) is 5.81. The van der Waals surface area contributed by atoms with E-state index in [1.807, 2.05) is 0 Å². The van der Waals surface area contributed by atoms with Crippen LogP contribution >= 0.6 is 0 Å². The molecule has 0 radical (unpaired) electrons. The summed E-state index contributed by atoms with van der Waals surface area (Å²) in [6, 6.07) is 0.361. The summed E-state index contributed by atoms with van der Waals surface area (Å²) >= 11 is 0. The smallest absolute Gasteiger partial charge is 0.252 e. The van der Waals surface area contributed by atoms with Gasteiger partial charge in [-0.05, 0) is 32.1 Å². The molecule has 1 aliphatic carbocycles. The van der Waals surface area contributed by atoms with Gasteiger partial charge in [-0.3, -0.25) is 0 Å². The third-order valence-corrected chi connectivity index (χ3v) is 5.81. The maximum Gasteiger partial charge on any atom is 0.252 e. The number of nitrogens with one attached hydrogen (secondary N) is 1. The summed E-state index contributed by atoms with van der Waals surface area (Å²) in [5.41, 5.74) is 3.95. The van der Waals surface area contributed by atoms with Crippen molar-refractivity contribution in [3.05, 3.63) is 59.2 Å². The fourth-order valence-electron chi connectivity index (χ4n) is 4.00. The summed E-state index contributed by atoms with van der Waals surface area (Å²) in [5.74, 6) is 0.442. The van der Waals surface area contributed by atoms with Crippen LogP contribution in [0.5, 0.6) is 0 Å². The molecule has 11 nitrogen and oxygen atoms in total. The number of hydrogen-bond donors (Lipinski definition) is 1. The molecule has 13 heteroatoms. The minimum atomic E-state index is -0.460. The lowest BCUT2D eigenvalue weighted by Crippen LogP contribution is -2.33. The average molecular weight is 467 g/mol. The highest BCUT2D eigenvalue weighted by Crippen LogP contribution is 2.24. The molecule has 6 rings (SSSR count). The van der Waals surface area contributed by atoms with Gasteiger partial charge in [0.25, 0.3) is 11.9 Å². The van der Waals surface area contributed by atoms with Crippen molar-refractivity contribution in [1.82, 2.24) is 55.2 Å². The van der Waals surface area contributed by atoms with E-state index < -0.39 is 11.6 Å². The highest BCUT2D eigenvalue weighted by molar-refractivity contribution is 5.23. The van der Waals surface area contributed by atoms with Crippen LogP contribution in [0.3, 0.4) is 0 Å². The van der Waals surface area contributed by atoms with Crippen LogP contribution in [0.2, 0.25) is 0 Å². The molecule has 0 spiro atoms. The molecule has 4 aromatic heterocycles. The Morgan fingerprint density at radius 1 is 0.794 bits per heavy atom. The lowest BCUT2D eigenvalue weighted by Gasteiger charge is -2.19. The Kier molecular flexibility index (Phi) is 6.01. The maximum absolute atomic E-state index is 12.8. The van der Waals surface area contributed by atoms with Crippen LogP contribution < -0.4 is 5.32 Å². The predicted octanol–water partition coefficient (Wildman–Crippen LogP) is 1.55.